The van der Waals surface area contributed by atoms with E-state index in [0.29, 0.717) is 19.1 Å². The Balaban J connectivity index is 2.58. The van der Waals surface area contributed by atoms with Crippen LogP contribution in [0.4, 0.5) is 0 Å². The highest BCUT2D eigenvalue weighted by Crippen LogP contribution is 2.47. The van der Waals surface area contributed by atoms with Crippen LogP contribution in [0.5, 0.6) is 0 Å². The second-order valence-electron chi connectivity index (χ2n) is 5.19. The van der Waals surface area contributed by atoms with Crippen LogP contribution in [0.1, 0.15) is 40.5 Å². The summed E-state index contributed by atoms with van der Waals surface area (Å²) in [4.78, 5) is 0. The van der Waals surface area contributed by atoms with Crippen molar-refractivity contribution in [2.75, 3.05) is 13.2 Å². The van der Waals surface area contributed by atoms with E-state index >= 15 is 0 Å². The molecule has 1 rings (SSSR count). The van der Waals surface area contributed by atoms with Crippen molar-refractivity contribution in [3.63, 3.8) is 0 Å². The average molecular weight is 186 g/mol. The van der Waals surface area contributed by atoms with Crippen LogP contribution in [0.15, 0.2) is 0 Å². The summed E-state index contributed by atoms with van der Waals surface area (Å²) in [6.07, 6.45) is 1.96. The minimum atomic E-state index is -0.584. The van der Waals surface area contributed by atoms with E-state index in [1.54, 1.807) is 0 Å². The van der Waals surface area contributed by atoms with Crippen molar-refractivity contribution in [3.05, 3.63) is 0 Å². The summed E-state index contributed by atoms with van der Waals surface area (Å²) in [5.74, 6) is 0.356. The van der Waals surface area contributed by atoms with Crippen molar-refractivity contribution in [1.82, 2.24) is 0 Å². The second kappa shape index (κ2) is 3.58. The van der Waals surface area contributed by atoms with Crippen molar-refractivity contribution in [1.29, 1.82) is 0 Å². The molecule has 1 N–H and O–H groups in total. The highest BCUT2D eigenvalue weighted by molar-refractivity contribution is 4.98. The molecule has 0 aromatic carbocycles. The summed E-state index contributed by atoms with van der Waals surface area (Å²) in [6, 6.07) is 0. The molecule has 13 heavy (non-hydrogen) atoms. The Labute approximate surface area is 81.3 Å². The monoisotopic (exact) mass is 186 g/mol. The van der Waals surface area contributed by atoms with Gasteiger partial charge >= 0.3 is 0 Å². The van der Waals surface area contributed by atoms with E-state index in [4.69, 9.17) is 4.74 Å². The summed E-state index contributed by atoms with van der Waals surface area (Å²) in [6.45, 7) is 9.70. The zero-order valence-corrected chi connectivity index (χ0v) is 9.26. The van der Waals surface area contributed by atoms with Crippen LogP contribution in [0.3, 0.4) is 0 Å². The molecule has 0 bridgehead atoms. The predicted octanol–water partition coefficient (Wildman–Crippen LogP) is 2.21. The first-order valence-electron chi connectivity index (χ1n) is 5.20. The Morgan fingerprint density at radius 2 is 2.08 bits per heavy atom. The van der Waals surface area contributed by atoms with Crippen LogP contribution >= 0.6 is 0 Å². The SMILES string of the molecule is CCOCC1(O)CC(C)(C)CC1C. The minimum absolute atomic E-state index is 0.269. The highest BCUT2D eigenvalue weighted by atomic mass is 16.5. The van der Waals surface area contributed by atoms with Gasteiger partial charge in [-0.25, -0.2) is 0 Å². The van der Waals surface area contributed by atoms with Gasteiger partial charge in [0.25, 0.3) is 0 Å². The molecule has 0 amide bonds. The van der Waals surface area contributed by atoms with E-state index in [1.165, 1.54) is 0 Å². The molecule has 2 unspecified atom stereocenters. The lowest BCUT2D eigenvalue weighted by Crippen LogP contribution is -2.37. The Morgan fingerprint density at radius 1 is 1.46 bits per heavy atom. The molecule has 1 saturated carbocycles. The van der Waals surface area contributed by atoms with Crippen LogP contribution in [-0.2, 0) is 4.74 Å². The first kappa shape index (κ1) is 11.0. The Morgan fingerprint density at radius 3 is 2.46 bits per heavy atom. The number of ether oxygens (including phenoxy) is 1. The van der Waals surface area contributed by atoms with Gasteiger partial charge in [0.15, 0.2) is 0 Å². The number of hydrogen-bond donors (Lipinski definition) is 1. The number of rotatable bonds is 3. The number of aliphatic hydroxyl groups is 1. The van der Waals surface area contributed by atoms with E-state index in [1.807, 2.05) is 6.92 Å². The van der Waals surface area contributed by atoms with Crippen molar-refractivity contribution in [2.24, 2.45) is 11.3 Å². The van der Waals surface area contributed by atoms with Crippen LogP contribution < -0.4 is 0 Å². The van der Waals surface area contributed by atoms with Gasteiger partial charge in [0.1, 0.15) is 0 Å². The Hall–Kier alpha value is -0.0800. The van der Waals surface area contributed by atoms with E-state index in [-0.39, 0.29) is 5.41 Å². The van der Waals surface area contributed by atoms with Gasteiger partial charge in [-0.3, -0.25) is 0 Å². The lowest BCUT2D eigenvalue weighted by atomic mass is 9.89. The van der Waals surface area contributed by atoms with E-state index < -0.39 is 5.60 Å². The molecule has 1 aliphatic rings. The first-order chi connectivity index (χ1) is 5.90. The summed E-state index contributed by atoms with van der Waals surface area (Å²) in [7, 11) is 0. The molecule has 0 aromatic heterocycles. The first-order valence-corrected chi connectivity index (χ1v) is 5.20. The topological polar surface area (TPSA) is 29.5 Å². The molecule has 2 nitrogen and oxygen atoms in total. The molecule has 0 heterocycles. The average Bonchev–Trinajstić information content (AvgIpc) is 2.18. The third kappa shape index (κ3) is 2.44. The van der Waals surface area contributed by atoms with Crippen molar-refractivity contribution in [2.45, 2.75) is 46.1 Å². The maximum atomic E-state index is 10.3. The van der Waals surface area contributed by atoms with Gasteiger partial charge in [-0.15, -0.1) is 0 Å². The molecule has 1 aliphatic carbocycles. The lowest BCUT2D eigenvalue weighted by molar-refractivity contribution is -0.0674. The maximum absolute atomic E-state index is 10.3. The fraction of sp³-hybridized carbons (Fsp3) is 1.00. The lowest BCUT2D eigenvalue weighted by Gasteiger charge is -2.27. The molecular formula is C11H22O2. The molecule has 1 fully saturated rings. The van der Waals surface area contributed by atoms with Crippen LogP contribution in [-0.4, -0.2) is 23.9 Å². The van der Waals surface area contributed by atoms with Gasteiger partial charge in [-0.1, -0.05) is 20.8 Å². The van der Waals surface area contributed by atoms with Crippen LogP contribution in [0.2, 0.25) is 0 Å². The molecule has 0 spiro atoms. The third-order valence-electron chi connectivity index (χ3n) is 3.12. The molecule has 2 atom stereocenters. The smallest absolute Gasteiger partial charge is 0.0910 e. The largest absolute Gasteiger partial charge is 0.387 e. The van der Waals surface area contributed by atoms with Crippen molar-refractivity contribution in [3.8, 4) is 0 Å². The minimum Gasteiger partial charge on any atom is -0.387 e. The van der Waals surface area contributed by atoms with Crippen molar-refractivity contribution >= 4 is 0 Å². The van der Waals surface area contributed by atoms with Crippen LogP contribution in [0.25, 0.3) is 0 Å². The van der Waals surface area contributed by atoms with Gasteiger partial charge in [-0.05, 0) is 31.1 Å². The van der Waals surface area contributed by atoms with E-state index in [0.717, 1.165) is 12.8 Å². The fourth-order valence-corrected chi connectivity index (χ4v) is 2.57. The van der Waals surface area contributed by atoms with Gasteiger partial charge in [-0.2, -0.15) is 0 Å². The normalized spacial score (nSPS) is 38.1. The maximum Gasteiger partial charge on any atom is 0.0910 e. The molecule has 0 aliphatic heterocycles. The highest BCUT2D eigenvalue weighted by Gasteiger charge is 2.47. The second-order valence-corrected chi connectivity index (χ2v) is 5.19. The summed E-state index contributed by atoms with van der Waals surface area (Å²) in [5.41, 5.74) is -0.315. The van der Waals surface area contributed by atoms with Gasteiger partial charge < -0.3 is 9.84 Å². The standard InChI is InChI=1S/C11H22O2/c1-5-13-8-11(12)7-10(3,4)6-9(11)2/h9,12H,5-8H2,1-4H3. The van der Waals surface area contributed by atoms with Gasteiger partial charge in [0.05, 0.1) is 12.2 Å². The zero-order chi connectivity index (χ0) is 10.1. The molecule has 0 aromatic rings. The van der Waals surface area contributed by atoms with Gasteiger partial charge in [0, 0.05) is 6.61 Å². The molecule has 0 saturated heterocycles. The molecular weight excluding hydrogens is 164 g/mol. The van der Waals surface area contributed by atoms with Crippen LogP contribution in [0, 0.1) is 11.3 Å². The summed E-state index contributed by atoms with van der Waals surface area (Å²) >= 11 is 0. The Kier molecular flexibility index (Phi) is 3.03. The third-order valence-corrected chi connectivity index (χ3v) is 3.12. The zero-order valence-electron chi connectivity index (χ0n) is 9.26. The van der Waals surface area contributed by atoms with E-state index in [2.05, 4.69) is 20.8 Å². The summed E-state index contributed by atoms with van der Waals surface area (Å²) in [5, 5.41) is 10.3. The fourth-order valence-electron chi connectivity index (χ4n) is 2.57. The molecule has 2 heteroatoms. The number of hydrogen-bond acceptors (Lipinski definition) is 2. The van der Waals surface area contributed by atoms with E-state index in [9.17, 15) is 5.11 Å². The molecule has 0 radical (unpaired) electrons. The quantitative estimate of drug-likeness (QED) is 0.732. The van der Waals surface area contributed by atoms with Crippen molar-refractivity contribution < 1.29 is 9.84 Å². The summed E-state index contributed by atoms with van der Waals surface area (Å²) < 4.78 is 5.33. The predicted molar refractivity (Wildman–Crippen MR) is 53.6 cm³/mol. The Bertz CT molecular complexity index is 177. The van der Waals surface area contributed by atoms with Gasteiger partial charge in [0.2, 0.25) is 0 Å². The molecule has 78 valence electrons.